The molecule has 0 aliphatic heterocycles. The molecule has 0 heterocycles. The maximum absolute atomic E-state index is 14.3. The van der Waals surface area contributed by atoms with Gasteiger partial charge in [0.25, 0.3) is 10.0 Å². The third-order valence-corrected chi connectivity index (χ3v) is 9.22. The van der Waals surface area contributed by atoms with E-state index < -0.39 is 46.2 Å². The molecule has 0 radical (unpaired) electrons. The van der Waals surface area contributed by atoms with Crippen molar-refractivity contribution in [3.8, 4) is 0 Å². The molecular weight excluding hydrogens is 671 g/mol. The third-order valence-electron chi connectivity index (χ3n) is 6.94. The third kappa shape index (κ3) is 8.73. The number of likely N-dealkylation sites (N-methyl/N-ethyl adjacent to an activating group) is 1. The Hall–Kier alpha value is -4.16. The molecule has 0 spiro atoms. The van der Waals surface area contributed by atoms with Crippen LogP contribution in [0.15, 0.2) is 119 Å². The number of sulfonamides is 1. The predicted molar refractivity (Wildman–Crippen MR) is 170 cm³/mol. The van der Waals surface area contributed by atoms with Crippen molar-refractivity contribution < 1.29 is 31.2 Å². The van der Waals surface area contributed by atoms with E-state index >= 15 is 0 Å². The van der Waals surface area contributed by atoms with Crippen molar-refractivity contribution in [3.05, 3.63) is 130 Å². The summed E-state index contributed by atoms with van der Waals surface area (Å²) in [6, 6.07) is 26.0. The highest BCUT2D eigenvalue weighted by atomic mass is 79.9. The van der Waals surface area contributed by atoms with E-state index in [-0.39, 0.29) is 30.1 Å². The highest BCUT2D eigenvalue weighted by Gasteiger charge is 2.36. The molecule has 0 aliphatic carbocycles. The van der Waals surface area contributed by atoms with Gasteiger partial charge in [0.2, 0.25) is 11.8 Å². The number of amides is 2. The quantitative estimate of drug-likeness (QED) is 0.184. The lowest BCUT2D eigenvalue weighted by Gasteiger charge is -2.34. The number of benzene rings is 4. The van der Waals surface area contributed by atoms with Crippen molar-refractivity contribution in [2.75, 3.05) is 17.4 Å². The summed E-state index contributed by atoms with van der Waals surface area (Å²) in [6.45, 7) is 1.08. The van der Waals surface area contributed by atoms with Gasteiger partial charge in [-0.3, -0.25) is 13.9 Å². The van der Waals surface area contributed by atoms with Crippen molar-refractivity contribution in [3.63, 3.8) is 0 Å². The number of hydrogen-bond acceptors (Lipinski definition) is 4. The first-order valence-electron chi connectivity index (χ1n) is 14.0. The number of nitrogens with one attached hydrogen (secondary N) is 1. The summed E-state index contributed by atoms with van der Waals surface area (Å²) in [5.74, 6) is -1.24. The number of nitrogens with zero attached hydrogens (tertiary/aromatic N) is 2. The van der Waals surface area contributed by atoms with Gasteiger partial charge in [0.05, 0.1) is 16.1 Å². The first kappa shape index (κ1) is 33.7. The largest absolute Gasteiger partial charge is 0.416 e. The minimum atomic E-state index is -4.76. The molecule has 0 saturated carbocycles. The van der Waals surface area contributed by atoms with Crippen molar-refractivity contribution in [2.45, 2.75) is 37.0 Å². The molecule has 12 heteroatoms. The zero-order valence-electron chi connectivity index (χ0n) is 24.2. The molecule has 7 nitrogen and oxygen atoms in total. The topological polar surface area (TPSA) is 86.8 Å². The molecule has 236 valence electrons. The average molecular weight is 703 g/mol. The van der Waals surface area contributed by atoms with Crippen LogP contribution in [0, 0.1) is 0 Å². The molecule has 4 rings (SSSR count). The Morgan fingerprint density at radius 3 is 2.09 bits per heavy atom. The first-order valence-corrected chi connectivity index (χ1v) is 16.2. The predicted octanol–water partition coefficient (Wildman–Crippen LogP) is 6.44. The average Bonchev–Trinajstić information content (AvgIpc) is 3.02. The number of carbonyl (C=O) groups is 2. The second kappa shape index (κ2) is 14.7. The second-order valence-electron chi connectivity index (χ2n) is 10.1. The van der Waals surface area contributed by atoms with Crippen LogP contribution in [-0.2, 0) is 38.8 Å². The number of alkyl halides is 3. The smallest absolute Gasteiger partial charge is 0.355 e. The molecule has 0 aliphatic rings. The van der Waals surface area contributed by atoms with E-state index in [1.54, 1.807) is 49.4 Å². The van der Waals surface area contributed by atoms with Crippen molar-refractivity contribution in [1.29, 1.82) is 0 Å². The molecule has 0 saturated heterocycles. The Bertz CT molecular complexity index is 1720. The van der Waals surface area contributed by atoms with Gasteiger partial charge in [-0.1, -0.05) is 82.7 Å². The molecule has 2 amide bonds. The van der Waals surface area contributed by atoms with E-state index in [9.17, 15) is 31.2 Å². The minimum absolute atomic E-state index is 0.0747. The Balaban J connectivity index is 1.83. The zero-order valence-corrected chi connectivity index (χ0v) is 26.6. The lowest BCUT2D eigenvalue weighted by molar-refractivity contribution is -0.140. The van der Waals surface area contributed by atoms with E-state index in [0.717, 1.165) is 22.2 Å². The molecule has 1 N–H and O–H groups in total. The highest BCUT2D eigenvalue weighted by molar-refractivity contribution is 9.10. The summed E-state index contributed by atoms with van der Waals surface area (Å²) in [7, 11) is -4.53. The van der Waals surface area contributed by atoms with Crippen molar-refractivity contribution in [1.82, 2.24) is 10.2 Å². The van der Waals surface area contributed by atoms with Crippen molar-refractivity contribution in [2.24, 2.45) is 0 Å². The van der Waals surface area contributed by atoms with E-state index in [4.69, 9.17) is 0 Å². The number of rotatable bonds is 12. The van der Waals surface area contributed by atoms with Crippen LogP contribution in [0.4, 0.5) is 18.9 Å². The summed E-state index contributed by atoms with van der Waals surface area (Å²) in [4.78, 5) is 28.9. The lowest BCUT2D eigenvalue weighted by atomic mass is 10.0. The summed E-state index contributed by atoms with van der Waals surface area (Å²) >= 11 is 3.42. The first-order chi connectivity index (χ1) is 21.4. The Labute approximate surface area is 268 Å². The van der Waals surface area contributed by atoms with Crippen LogP contribution in [0.5, 0.6) is 0 Å². The number of carbonyl (C=O) groups excluding carboxylic acids is 2. The maximum atomic E-state index is 14.3. The molecule has 4 aromatic carbocycles. The molecule has 1 atom stereocenters. The van der Waals surface area contributed by atoms with Crippen molar-refractivity contribution >= 4 is 43.5 Å². The fraction of sp³-hybridized carbons (Fsp3) is 0.212. The van der Waals surface area contributed by atoms with Gasteiger partial charge >= 0.3 is 6.18 Å². The number of anilines is 1. The second-order valence-corrected chi connectivity index (χ2v) is 12.9. The van der Waals surface area contributed by atoms with E-state index in [1.165, 1.54) is 35.2 Å². The molecule has 4 aromatic rings. The van der Waals surface area contributed by atoms with Gasteiger partial charge in [-0.05, 0) is 60.5 Å². The van der Waals surface area contributed by atoms with E-state index in [1.807, 2.05) is 18.2 Å². The number of halogens is 4. The fourth-order valence-electron chi connectivity index (χ4n) is 4.76. The maximum Gasteiger partial charge on any atom is 0.416 e. The molecule has 0 fully saturated rings. The summed E-state index contributed by atoms with van der Waals surface area (Å²) in [5, 5.41) is 2.76. The number of hydrogen-bond donors (Lipinski definition) is 1. The summed E-state index contributed by atoms with van der Waals surface area (Å²) < 4.78 is 70.4. The van der Waals surface area contributed by atoms with E-state index in [2.05, 4.69) is 21.2 Å². The standard InChI is InChI=1S/C33H31BrF3N3O4S/c1-2-38-32(42)30(20-24-11-5-3-6-12-24)39(22-25-13-9-15-27(34)19-25)31(41)23-40(45(43,44)29-17-7-4-8-18-29)28-16-10-14-26(21-28)33(35,36)37/h3-19,21,30H,2,20,22-23H2,1H3,(H,38,42)/t30-/m1/s1. The van der Waals surface area contributed by atoms with Gasteiger partial charge in [0.15, 0.2) is 0 Å². The fourth-order valence-corrected chi connectivity index (χ4v) is 6.64. The SMILES string of the molecule is CCNC(=O)[C@@H](Cc1ccccc1)N(Cc1cccc(Br)c1)C(=O)CN(c1cccc(C(F)(F)F)c1)S(=O)(=O)c1ccccc1. The normalized spacial score (nSPS) is 12.3. The van der Waals surface area contributed by atoms with Crippen LogP contribution in [0.2, 0.25) is 0 Å². The molecule has 0 unspecified atom stereocenters. The van der Waals surface area contributed by atoms with Gasteiger partial charge in [-0.15, -0.1) is 0 Å². The Kier molecular flexibility index (Phi) is 11.1. The van der Waals surface area contributed by atoms with Crippen LogP contribution < -0.4 is 9.62 Å². The molecule has 0 bridgehead atoms. The monoisotopic (exact) mass is 701 g/mol. The van der Waals surface area contributed by atoms with Crippen LogP contribution in [0.1, 0.15) is 23.6 Å². The van der Waals surface area contributed by atoms with Crippen LogP contribution in [0.25, 0.3) is 0 Å². The summed E-state index contributed by atoms with van der Waals surface area (Å²) in [5.41, 5.74) is -0.0120. The molecule has 45 heavy (non-hydrogen) atoms. The molecular formula is C33H31BrF3N3O4S. The van der Waals surface area contributed by atoms with Gasteiger partial charge in [0, 0.05) is 24.0 Å². The van der Waals surface area contributed by atoms with E-state index in [0.29, 0.717) is 15.9 Å². The van der Waals surface area contributed by atoms with Gasteiger partial charge in [-0.25, -0.2) is 8.42 Å². The van der Waals surface area contributed by atoms with Gasteiger partial charge in [0.1, 0.15) is 12.6 Å². The summed E-state index contributed by atoms with van der Waals surface area (Å²) in [6.07, 6.45) is -4.64. The Morgan fingerprint density at radius 1 is 0.844 bits per heavy atom. The lowest BCUT2D eigenvalue weighted by Crippen LogP contribution is -2.53. The zero-order chi connectivity index (χ0) is 32.6. The van der Waals surface area contributed by atoms with Gasteiger partial charge < -0.3 is 10.2 Å². The Morgan fingerprint density at radius 2 is 1.47 bits per heavy atom. The van der Waals surface area contributed by atoms with Crippen LogP contribution >= 0.6 is 15.9 Å². The minimum Gasteiger partial charge on any atom is -0.355 e. The molecule has 0 aromatic heterocycles. The highest BCUT2D eigenvalue weighted by Crippen LogP contribution is 2.33. The van der Waals surface area contributed by atoms with Crippen LogP contribution in [0.3, 0.4) is 0 Å². The van der Waals surface area contributed by atoms with Crippen LogP contribution in [-0.4, -0.2) is 44.3 Å². The van der Waals surface area contributed by atoms with Gasteiger partial charge in [-0.2, -0.15) is 13.2 Å².